The number of pyridine rings is 1. The maximum Gasteiger partial charge on any atom is 0.327 e. The molecule has 3 heterocycles. The van der Waals surface area contributed by atoms with Gasteiger partial charge in [0.15, 0.2) is 5.65 Å². The Bertz CT molecular complexity index is 1280. The Morgan fingerprint density at radius 1 is 1.29 bits per heavy atom. The molecule has 0 aliphatic rings. The fraction of sp³-hybridized carbons (Fsp3) is 0.158. The third-order valence-electron chi connectivity index (χ3n) is 4.64. The Morgan fingerprint density at radius 3 is 2.64 bits per heavy atom. The molecule has 0 radical (unpaired) electrons. The molecule has 0 fully saturated rings. The van der Waals surface area contributed by atoms with Crippen molar-refractivity contribution in [2.75, 3.05) is 5.75 Å². The van der Waals surface area contributed by atoms with E-state index in [1.165, 1.54) is 24.5 Å². The van der Waals surface area contributed by atoms with Crippen molar-refractivity contribution in [3.8, 4) is 11.1 Å². The molecular formula is C19H15FN4O3S. The lowest BCUT2D eigenvalue weighted by atomic mass is 10.1. The first-order chi connectivity index (χ1) is 13.4. The Kier molecular flexibility index (Phi) is 4.38. The molecule has 0 bridgehead atoms. The van der Waals surface area contributed by atoms with Crippen LogP contribution in [0.2, 0.25) is 0 Å². The molecule has 0 saturated heterocycles. The molecule has 0 spiro atoms. The maximum absolute atomic E-state index is 13.3. The summed E-state index contributed by atoms with van der Waals surface area (Å²) in [5.74, 6) is -1.50. The van der Waals surface area contributed by atoms with Crippen LogP contribution in [0.3, 0.4) is 0 Å². The van der Waals surface area contributed by atoms with Crippen LogP contribution in [0, 0.1) is 12.7 Å². The van der Waals surface area contributed by atoms with E-state index in [0.717, 1.165) is 15.7 Å². The SMILES string of the molecule is Cc1nn2c(ncc3c(=O)n([C@@H](CS)C(=O)O)ccc32)c1-c1ccc(F)cc1. The van der Waals surface area contributed by atoms with Gasteiger partial charge in [-0.2, -0.15) is 17.7 Å². The number of aryl methyl sites for hydroxylation is 1. The summed E-state index contributed by atoms with van der Waals surface area (Å²) in [6.07, 6.45) is 2.84. The lowest BCUT2D eigenvalue weighted by molar-refractivity contribution is -0.140. The molecule has 1 atom stereocenters. The van der Waals surface area contributed by atoms with Crippen LogP contribution >= 0.6 is 12.6 Å². The Hall–Kier alpha value is -3.20. The minimum Gasteiger partial charge on any atom is -0.480 e. The molecule has 1 N–H and O–H groups in total. The van der Waals surface area contributed by atoms with E-state index in [4.69, 9.17) is 0 Å². The summed E-state index contributed by atoms with van der Waals surface area (Å²) >= 11 is 4.03. The van der Waals surface area contributed by atoms with E-state index in [2.05, 4.69) is 22.7 Å². The van der Waals surface area contributed by atoms with Gasteiger partial charge in [-0.25, -0.2) is 18.7 Å². The Balaban J connectivity index is 1.98. The van der Waals surface area contributed by atoms with Crippen molar-refractivity contribution in [3.63, 3.8) is 0 Å². The smallest absolute Gasteiger partial charge is 0.327 e. The standard InChI is InChI=1S/C19H15FN4O3S/c1-10-16(11-2-4-12(20)5-3-11)17-21-8-13-14(24(17)22-10)6-7-23(18(13)25)15(9-28)19(26)27/h2-8,15,28H,9H2,1H3,(H,26,27)/t15-/m0/s1. The van der Waals surface area contributed by atoms with Crippen molar-refractivity contribution in [2.45, 2.75) is 13.0 Å². The predicted molar refractivity (Wildman–Crippen MR) is 105 cm³/mol. The van der Waals surface area contributed by atoms with E-state index in [9.17, 15) is 19.1 Å². The van der Waals surface area contributed by atoms with Gasteiger partial charge in [0.25, 0.3) is 5.56 Å². The van der Waals surface area contributed by atoms with Gasteiger partial charge >= 0.3 is 5.97 Å². The normalized spacial score (nSPS) is 12.5. The van der Waals surface area contributed by atoms with Crippen LogP contribution in [0.15, 0.2) is 47.5 Å². The van der Waals surface area contributed by atoms with E-state index in [1.54, 1.807) is 22.7 Å². The molecule has 0 aliphatic heterocycles. The molecule has 0 saturated carbocycles. The number of benzene rings is 1. The first kappa shape index (κ1) is 18.2. The topological polar surface area (TPSA) is 89.5 Å². The fourth-order valence-electron chi connectivity index (χ4n) is 3.28. The molecule has 0 amide bonds. The average molecular weight is 398 g/mol. The van der Waals surface area contributed by atoms with E-state index < -0.39 is 17.6 Å². The van der Waals surface area contributed by atoms with Crippen molar-refractivity contribution in [1.82, 2.24) is 19.2 Å². The number of rotatable bonds is 4. The number of aromatic nitrogens is 4. The van der Waals surface area contributed by atoms with Gasteiger partial charge < -0.3 is 5.11 Å². The second-order valence-electron chi connectivity index (χ2n) is 6.32. The summed E-state index contributed by atoms with van der Waals surface area (Å²) in [6, 6.07) is 6.57. The zero-order chi connectivity index (χ0) is 20.0. The predicted octanol–water partition coefficient (Wildman–Crippen LogP) is 2.71. The number of halogens is 1. The summed E-state index contributed by atoms with van der Waals surface area (Å²) in [6.45, 7) is 1.81. The number of hydrogen-bond donors (Lipinski definition) is 2. The molecule has 3 aromatic heterocycles. The van der Waals surface area contributed by atoms with E-state index in [1.807, 2.05) is 6.92 Å². The van der Waals surface area contributed by atoms with E-state index in [-0.39, 0.29) is 17.0 Å². The highest BCUT2D eigenvalue weighted by Gasteiger charge is 2.21. The van der Waals surface area contributed by atoms with E-state index in [0.29, 0.717) is 16.9 Å². The van der Waals surface area contributed by atoms with Crippen LogP contribution < -0.4 is 5.56 Å². The van der Waals surface area contributed by atoms with Crippen LogP contribution in [-0.2, 0) is 4.79 Å². The lowest BCUT2D eigenvalue weighted by Crippen LogP contribution is -2.31. The second-order valence-corrected chi connectivity index (χ2v) is 6.69. The van der Waals surface area contributed by atoms with Gasteiger partial charge in [0.2, 0.25) is 0 Å². The van der Waals surface area contributed by atoms with Crippen LogP contribution in [0.1, 0.15) is 11.7 Å². The molecule has 9 heteroatoms. The minimum absolute atomic E-state index is 0.0218. The van der Waals surface area contributed by atoms with Crippen molar-refractivity contribution in [2.24, 2.45) is 0 Å². The average Bonchev–Trinajstić information content (AvgIpc) is 3.01. The lowest BCUT2D eigenvalue weighted by Gasteiger charge is -2.14. The second kappa shape index (κ2) is 6.75. The molecule has 1 aromatic carbocycles. The van der Waals surface area contributed by atoms with Gasteiger partial charge in [-0.15, -0.1) is 0 Å². The Morgan fingerprint density at radius 2 is 2.00 bits per heavy atom. The first-order valence-electron chi connectivity index (χ1n) is 8.41. The Labute approximate surface area is 163 Å². The summed E-state index contributed by atoms with van der Waals surface area (Å²) < 4.78 is 15.9. The summed E-state index contributed by atoms with van der Waals surface area (Å²) in [4.78, 5) is 28.6. The molecule has 7 nitrogen and oxygen atoms in total. The van der Waals surface area contributed by atoms with Crippen molar-refractivity contribution < 1.29 is 14.3 Å². The van der Waals surface area contributed by atoms with Crippen LogP contribution in [-0.4, -0.2) is 36.0 Å². The molecule has 28 heavy (non-hydrogen) atoms. The van der Waals surface area contributed by atoms with Gasteiger partial charge in [0.1, 0.15) is 11.9 Å². The van der Waals surface area contributed by atoms with Crippen molar-refractivity contribution in [1.29, 1.82) is 0 Å². The van der Waals surface area contributed by atoms with Gasteiger partial charge in [-0.3, -0.25) is 9.36 Å². The zero-order valence-electron chi connectivity index (χ0n) is 14.7. The van der Waals surface area contributed by atoms with Gasteiger partial charge in [-0.05, 0) is 30.7 Å². The molecule has 0 aliphatic carbocycles. The molecule has 0 unspecified atom stereocenters. The number of nitrogens with zero attached hydrogens (tertiary/aromatic N) is 4. The van der Waals surface area contributed by atoms with E-state index >= 15 is 0 Å². The highest BCUT2D eigenvalue weighted by molar-refractivity contribution is 7.80. The summed E-state index contributed by atoms with van der Waals surface area (Å²) in [5, 5.41) is 14.1. The number of carbonyl (C=O) groups is 1. The van der Waals surface area contributed by atoms with Crippen LogP contribution in [0.4, 0.5) is 4.39 Å². The highest BCUT2D eigenvalue weighted by atomic mass is 32.1. The summed E-state index contributed by atoms with van der Waals surface area (Å²) in [7, 11) is 0. The number of carboxylic acids is 1. The van der Waals surface area contributed by atoms with Gasteiger partial charge in [0, 0.05) is 23.7 Å². The summed E-state index contributed by atoms with van der Waals surface area (Å²) in [5.41, 5.74) is 2.73. The molecule has 142 valence electrons. The third-order valence-corrected chi connectivity index (χ3v) is 4.99. The highest BCUT2D eigenvalue weighted by Crippen LogP contribution is 2.28. The number of hydrogen-bond acceptors (Lipinski definition) is 5. The number of thiol groups is 1. The minimum atomic E-state index is -1.14. The van der Waals surface area contributed by atoms with Crippen LogP contribution in [0.5, 0.6) is 0 Å². The fourth-order valence-corrected chi connectivity index (χ4v) is 3.61. The molecule has 4 aromatic rings. The number of carboxylic acid groups (broad SMARTS) is 1. The monoisotopic (exact) mass is 398 g/mol. The zero-order valence-corrected chi connectivity index (χ0v) is 15.6. The van der Waals surface area contributed by atoms with Crippen molar-refractivity contribution in [3.05, 3.63) is 64.6 Å². The van der Waals surface area contributed by atoms with Crippen LogP contribution in [0.25, 0.3) is 27.7 Å². The van der Waals surface area contributed by atoms with Gasteiger partial charge in [-0.1, -0.05) is 12.1 Å². The first-order valence-corrected chi connectivity index (χ1v) is 9.04. The number of fused-ring (bicyclic) bond motifs is 3. The third kappa shape index (κ3) is 2.75. The maximum atomic E-state index is 13.3. The van der Waals surface area contributed by atoms with Gasteiger partial charge in [0.05, 0.1) is 16.6 Å². The quantitative estimate of drug-likeness (QED) is 0.516. The van der Waals surface area contributed by atoms with Crippen molar-refractivity contribution >= 4 is 35.1 Å². The molecule has 4 rings (SSSR count). The number of aliphatic carboxylic acids is 1. The largest absolute Gasteiger partial charge is 0.480 e. The molecular weight excluding hydrogens is 383 g/mol.